The molecule has 3 heterocycles. The van der Waals surface area contributed by atoms with Crippen LogP contribution >= 0.6 is 0 Å². The molecule has 3 rings (SSSR count). The maximum atomic E-state index is 14.6. The van der Waals surface area contributed by atoms with Crippen LogP contribution in [0.4, 0.5) is 4.39 Å². The van der Waals surface area contributed by atoms with Crippen molar-refractivity contribution in [3.05, 3.63) is 0 Å². The van der Waals surface area contributed by atoms with Crippen LogP contribution in [0, 0.1) is 0 Å². The van der Waals surface area contributed by atoms with Crippen LogP contribution in [0.3, 0.4) is 0 Å². The van der Waals surface area contributed by atoms with Crippen molar-refractivity contribution in [2.45, 2.75) is 30.3 Å². The normalized spacial score (nSPS) is 43.5. The standard InChI is InChI=1S/C10H14FN5O4/c11-10-8(12)13-2-14-9(10)16(3-15-10)7-6(19)5(18)4(1-17)20-7/h3-7,17-19H,1-2H2,(H2,12,13)/t4-,5-,6-,7-,10?/m1/s1. The molecule has 20 heavy (non-hydrogen) atoms. The number of hydrogen-bond donors (Lipinski definition) is 4. The van der Waals surface area contributed by atoms with Gasteiger partial charge in [0, 0.05) is 0 Å². The third kappa shape index (κ3) is 1.66. The van der Waals surface area contributed by atoms with Gasteiger partial charge in [0.1, 0.15) is 25.0 Å². The summed E-state index contributed by atoms with van der Waals surface area (Å²) in [6, 6.07) is 0. The first-order valence-corrected chi connectivity index (χ1v) is 5.99. The summed E-state index contributed by atoms with van der Waals surface area (Å²) < 4.78 is 19.9. The van der Waals surface area contributed by atoms with Gasteiger partial charge in [-0.3, -0.25) is 4.90 Å². The number of halogens is 1. The van der Waals surface area contributed by atoms with E-state index < -0.39 is 36.9 Å². The molecular weight excluding hydrogens is 273 g/mol. The molecule has 9 nitrogen and oxygen atoms in total. The van der Waals surface area contributed by atoms with Gasteiger partial charge in [0.15, 0.2) is 17.9 Å². The molecule has 0 aromatic carbocycles. The highest BCUT2D eigenvalue weighted by atomic mass is 19.1. The lowest BCUT2D eigenvalue weighted by Gasteiger charge is -2.29. The number of ether oxygens (including phenoxy) is 1. The topological polar surface area (TPSA) is 136 Å². The molecule has 5 atom stereocenters. The minimum absolute atomic E-state index is 0.0541. The zero-order valence-corrected chi connectivity index (χ0v) is 10.3. The van der Waals surface area contributed by atoms with Crippen molar-refractivity contribution in [2.75, 3.05) is 13.3 Å². The van der Waals surface area contributed by atoms with Crippen LogP contribution in [0.2, 0.25) is 0 Å². The Hall–Kier alpha value is -1.62. The smallest absolute Gasteiger partial charge is 0.316 e. The van der Waals surface area contributed by atoms with Gasteiger partial charge >= 0.3 is 5.79 Å². The Balaban J connectivity index is 1.87. The van der Waals surface area contributed by atoms with E-state index in [4.69, 9.17) is 15.6 Å². The van der Waals surface area contributed by atoms with E-state index in [1.165, 1.54) is 0 Å². The third-order valence-corrected chi connectivity index (χ3v) is 3.49. The van der Waals surface area contributed by atoms with Crippen molar-refractivity contribution in [2.24, 2.45) is 20.7 Å². The Morgan fingerprint density at radius 1 is 1.45 bits per heavy atom. The molecule has 1 saturated heterocycles. The molecule has 0 aromatic heterocycles. The summed E-state index contributed by atoms with van der Waals surface area (Å²) in [4.78, 5) is 12.3. The molecule has 1 unspecified atom stereocenters. The van der Waals surface area contributed by atoms with E-state index >= 15 is 0 Å². The van der Waals surface area contributed by atoms with Crippen LogP contribution < -0.4 is 5.73 Å². The largest absolute Gasteiger partial charge is 0.394 e. The van der Waals surface area contributed by atoms with Gasteiger partial charge in [-0.2, -0.15) is 4.39 Å². The number of alkyl halides is 1. The molecule has 3 aliphatic heterocycles. The molecule has 5 N–H and O–H groups in total. The van der Waals surface area contributed by atoms with E-state index in [9.17, 15) is 14.6 Å². The Morgan fingerprint density at radius 2 is 2.20 bits per heavy atom. The van der Waals surface area contributed by atoms with Crippen LogP contribution in [-0.4, -0.2) is 81.8 Å². The Kier molecular flexibility index (Phi) is 2.97. The van der Waals surface area contributed by atoms with E-state index in [0.29, 0.717) is 0 Å². The first-order valence-electron chi connectivity index (χ1n) is 5.99. The van der Waals surface area contributed by atoms with Gasteiger partial charge in [-0.15, -0.1) is 0 Å². The van der Waals surface area contributed by atoms with E-state index in [1.54, 1.807) is 0 Å². The molecule has 0 aliphatic carbocycles. The quantitative estimate of drug-likeness (QED) is 0.404. The van der Waals surface area contributed by atoms with Crippen molar-refractivity contribution in [3.8, 4) is 0 Å². The van der Waals surface area contributed by atoms with Crippen LogP contribution in [0.25, 0.3) is 0 Å². The fourth-order valence-corrected chi connectivity index (χ4v) is 2.37. The SMILES string of the molecule is NC1=NCN=C2N([C@@H]3O[C@H](CO)[C@@H](O)[C@H]3O)C=NC12F. The van der Waals surface area contributed by atoms with Gasteiger partial charge in [0.05, 0.1) is 12.9 Å². The Labute approximate surface area is 112 Å². The average molecular weight is 287 g/mol. The molecule has 1 fully saturated rings. The molecule has 110 valence electrons. The number of hydrogen-bond acceptors (Lipinski definition) is 9. The number of nitrogens with zero attached hydrogens (tertiary/aromatic N) is 4. The highest BCUT2D eigenvalue weighted by Crippen LogP contribution is 2.32. The molecule has 10 heteroatoms. The lowest BCUT2D eigenvalue weighted by Crippen LogP contribution is -2.54. The second-order valence-corrected chi connectivity index (χ2v) is 4.67. The number of aliphatic imine (C=N–C) groups is 3. The maximum absolute atomic E-state index is 14.6. The summed E-state index contributed by atoms with van der Waals surface area (Å²) in [5.74, 6) is -2.85. The van der Waals surface area contributed by atoms with Crippen molar-refractivity contribution in [1.29, 1.82) is 0 Å². The van der Waals surface area contributed by atoms with E-state index in [2.05, 4.69) is 15.0 Å². The predicted molar refractivity (Wildman–Crippen MR) is 65.9 cm³/mol. The molecule has 0 spiro atoms. The minimum atomic E-state index is -2.37. The van der Waals surface area contributed by atoms with Gasteiger partial charge in [-0.25, -0.2) is 15.0 Å². The Bertz CT molecular complexity index is 512. The van der Waals surface area contributed by atoms with Crippen LogP contribution in [0.15, 0.2) is 15.0 Å². The van der Waals surface area contributed by atoms with Crippen molar-refractivity contribution in [3.63, 3.8) is 0 Å². The van der Waals surface area contributed by atoms with Gasteiger partial charge in [0.2, 0.25) is 0 Å². The second-order valence-electron chi connectivity index (χ2n) is 4.67. The van der Waals surface area contributed by atoms with Crippen LogP contribution in [0.1, 0.15) is 0 Å². The van der Waals surface area contributed by atoms with Gasteiger partial charge < -0.3 is 25.8 Å². The molecule has 3 aliphatic rings. The predicted octanol–water partition coefficient (Wildman–Crippen LogP) is -2.84. The first-order chi connectivity index (χ1) is 9.49. The lowest BCUT2D eigenvalue weighted by molar-refractivity contribution is -0.0517. The van der Waals surface area contributed by atoms with E-state index in [0.717, 1.165) is 11.2 Å². The van der Waals surface area contributed by atoms with Crippen molar-refractivity contribution >= 4 is 18.0 Å². The van der Waals surface area contributed by atoms with E-state index in [-0.39, 0.29) is 18.3 Å². The summed E-state index contributed by atoms with van der Waals surface area (Å²) in [5.41, 5.74) is 5.49. The van der Waals surface area contributed by atoms with E-state index in [1.807, 2.05) is 0 Å². The van der Waals surface area contributed by atoms with Crippen LogP contribution in [-0.2, 0) is 4.74 Å². The summed E-state index contributed by atoms with van der Waals surface area (Å²) >= 11 is 0. The summed E-state index contributed by atoms with van der Waals surface area (Å²) in [6.07, 6.45) is -3.61. The van der Waals surface area contributed by atoms with Gasteiger partial charge in [0.25, 0.3) is 0 Å². The zero-order valence-electron chi connectivity index (χ0n) is 10.3. The number of aliphatic hydroxyl groups is 3. The van der Waals surface area contributed by atoms with Crippen molar-refractivity contribution < 1.29 is 24.4 Å². The molecule has 0 bridgehead atoms. The summed E-state index contributed by atoms with van der Waals surface area (Å²) in [6.45, 7) is -0.530. The lowest BCUT2D eigenvalue weighted by atomic mass is 10.1. The number of fused-ring (bicyclic) bond motifs is 1. The zero-order chi connectivity index (χ0) is 14.5. The highest BCUT2D eigenvalue weighted by molar-refractivity contribution is 6.19. The van der Waals surface area contributed by atoms with Crippen molar-refractivity contribution in [1.82, 2.24) is 4.90 Å². The fraction of sp³-hybridized carbons (Fsp3) is 0.700. The monoisotopic (exact) mass is 287 g/mol. The number of rotatable bonds is 2. The molecule has 0 aromatic rings. The molecule has 0 saturated carbocycles. The first kappa shape index (κ1) is 13.4. The number of aliphatic hydroxyl groups excluding tert-OH is 3. The van der Waals surface area contributed by atoms with Gasteiger partial charge in [-0.1, -0.05) is 0 Å². The third-order valence-electron chi connectivity index (χ3n) is 3.49. The average Bonchev–Trinajstić information content (AvgIpc) is 2.91. The fourth-order valence-electron chi connectivity index (χ4n) is 2.37. The molecular formula is C10H14FN5O4. The van der Waals surface area contributed by atoms with Crippen LogP contribution in [0.5, 0.6) is 0 Å². The second kappa shape index (κ2) is 4.45. The molecule has 0 amide bonds. The number of nitrogens with two attached hydrogens (primary N) is 1. The summed E-state index contributed by atoms with van der Waals surface area (Å²) in [5, 5.41) is 28.7. The van der Waals surface area contributed by atoms with Gasteiger partial charge in [-0.05, 0) is 0 Å². The Morgan fingerprint density at radius 3 is 2.85 bits per heavy atom. The highest BCUT2D eigenvalue weighted by Gasteiger charge is 2.54. The molecule has 0 radical (unpaired) electrons. The minimum Gasteiger partial charge on any atom is -0.394 e. The number of amidine groups is 2. The maximum Gasteiger partial charge on any atom is 0.316 e. The summed E-state index contributed by atoms with van der Waals surface area (Å²) in [7, 11) is 0.